The molecule has 0 aliphatic heterocycles. The van der Waals surface area contributed by atoms with Gasteiger partial charge in [-0.1, -0.05) is 0 Å². The molecule has 1 amide bonds. The molecule has 58 valence electrons. The minimum Gasteiger partial charge on any atom is -0.498 e. The lowest BCUT2D eigenvalue weighted by molar-refractivity contribution is -0.121. The Morgan fingerprint density at radius 2 is 1.80 bits per heavy atom. The first-order valence-corrected chi connectivity index (χ1v) is 2.29. The van der Waals surface area contributed by atoms with Gasteiger partial charge in [-0.2, -0.15) is 0 Å². The summed E-state index contributed by atoms with van der Waals surface area (Å²) in [6.45, 7) is -0.684. The monoisotopic (exact) mass is 149 g/mol. The molecule has 6 heteroatoms. The van der Waals surface area contributed by atoms with Crippen LogP contribution in [-0.2, 0) is 4.79 Å². The normalized spacial score (nSPS) is 8.50. The van der Waals surface area contributed by atoms with E-state index in [1.54, 1.807) is 5.32 Å². The zero-order chi connectivity index (χ0) is 8.15. The van der Waals surface area contributed by atoms with Crippen molar-refractivity contribution in [3.05, 3.63) is 11.7 Å². The van der Waals surface area contributed by atoms with Crippen LogP contribution in [-0.4, -0.2) is 33.1 Å². The highest BCUT2D eigenvalue weighted by molar-refractivity contribution is 5.90. The molecular formula is C4H7NO5. The van der Waals surface area contributed by atoms with Gasteiger partial charge in [-0.3, -0.25) is 4.79 Å². The molecule has 0 aromatic carbocycles. The fourth-order valence-electron chi connectivity index (χ4n) is 0.257. The molecule has 0 aliphatic carbocycles. The van der Waals surface area contributed by atoms with Crippen LogP contribution >= 0.6 is 0 Å². The van der Waals surface area contributed by atoms with Crippen LogP contribution in [0.5, 0.6) is 0 Å². The number of aliphatic hydroxyl groups is 4. The number of carbonyl (C=O) groups is 1. The Hall–Kier alpha value is -1.43. The number of carbonyl (C=O) groups excluding carboxylic acids is 1. The number of rotatable bonds is 2. The maximum absolute atomic E-state index is 10.3. The third-order valence-electron chi connectivity index (χ3n) is 0.666. The first-order chi connectivity index (χ1) is 4.59. The van der Waals surface area contributed by atoms with Crippen LogP contribution in [0.1, 0.15) is 0 Å². The Morgan fingerprint density at radius 3 is 2.10 bits per heavy atom. The first-order valence-electron chi connectivity index (χ1n) is 2.29. The molecule has 0 fully saturated rings. The van der Waals surface area contributed by atoms with E-state index in [1.807, 2.05) is 0 Å². The molecule has 5 N–H and O–H groups in total. The molecule has 6 nitrogen and oxygen atoms in total. The summed E-state index contributed by atoms with van der Waals surface area (Å²) in [6, 6.07) is 0. The summed E-state index contributed by atoms with van der Waals surface area (Å²) in [6.07, 6.45) is 0. The van der Waals surface area contributed by atoms with Gasteiger partial charge >= 0.3 is 5.95 Å². The van der Waals surface area contributed by atoms with E-state index in [4.69, 9.17) is 20.4 Å². The summed E-state index contributed by atoms with van der Waals surface area (Å²) in [5.41, 5.74) is 0. The number of nitrogens with one attached hydrogen (secondary N) is 1. The van der Waals surface area contributed by atoms with Crippen molar-refractivity contribution in [1.82, 2.24) is 5.32 Å². The Balaban J connectivity index is 4.09. The standard InChI is InChI=1S/C4H7NO5/c6-1-5-3(8)2(7)4(9)10/h6-7,9-10H,1H2,(H,5,8). The highest BCUT2D eigenvalue weighted by Crippen LogP contribution is 1.91. The van der Waals surface area contributed by atoms with E-state index in [-0.39, 0.29) is 0 Å². The molecule has 0 saturated carbocycles. The van der Waals surface area contributed by atoms with Gasteiger partial charge in [-0.15, -0.1) is 0 Å². The molecule has 0 rings (SSSR count). The maximum Gasteiger partial charge on any atom is 0.324 e. The molecule has 0 heterocycles. The molecule has 0 saturated heterocycles. The van der Waals surface area contributed by atoms with Crippen LogP contribution in [0.2, 0.25) is 0 Å². The molecule has 0 radical (unpaired) electrons. The van der Waals surface area contributed by atoms with Crippen LogP contribution in [0.25, 0.3) is 0 Å². The largest absolute Gasteiger partial charge is 0.498 e. The quantitative estimate of drug-likeness (QED) is 0.194. The van der Waals surface area contributed by atoms with Crippen LogP contribution in [0, 0.1) is 0 Å². The van der Waals surface area contributed by atoms with Crippen molar-refractivity contribution in [2.75, 3.05) is 6.73 Å². The fraction of sp³-hybridized carbons (Fsp3) is 0.250. The summed E-state index contributed by atoms with van der Waals surface area (Å²) in [7, 11) is 0. The topological polar surface area (TPSA) is 110 Å². The van der Waals surface area contributed by atoms with E-state index in [9.17, 15) is 4.79 Å². The highest BCUT2D eigenvalue weighted by Gasteiger charge is 2.11. The summed E-state index contributed by atoms with van der Waals surface area (Å²) in [5.74, 6) is -3.86. The fourth-order valence-corrected chi connectivity index (χ4v) is 0.257. The van der Waals surface area contributed by atoms with Gasteiger partial charge in [0.05, 0.1) is 0 Å². The van der Waals surface area contributed by atoms with E-state index in [0.29, 0.717) is 0 Å². The van der Waals surface area contributed by atoms with Crippen LogP contribution < -0.4 is 5.32 Å². The highest BCUT2D eigenvalue weighted by atomic mass is 16.5. The van der Waals surface area contributed by atoms with Crippen LogP contribution in [0.15, 0.2) is 11.7 Å². The number of hydrogen-bond donors (Lipinski definition) is 5. The molecule has 0 aromatic heterocycles. The number of amides is 1. The van der Waals surface area contributed by atoms with Gasteiger partial charge in [-0.05, 0) is 0 Å². The Labute approximate surface area is 56.0 Å². The van der Waals surface area contributed by atoms with Crippen molar-refractivity contribution in [3.63, 3.8) is 0 Å². The molecule has 0 atom stereocenters. The van der Waals surface area contributed by atoms with Crippen molar-refractivity contribution in [1.29, 1.82) is 0 Å². The lowest BCUT2D eigenvalue weighted by Gasteiger charge is -1.98. The molecular weight excluding hydrogens is 142 g/mol. The number of hydrogen-bond acceptors (Lipinski definition) is 5. The summed E-state index contributed by atoms with van der Waals surface area (Å²) >= 11 is 0. The summed E-state index contributed by atoms with van der Waals surface area (Å²) in [5, 5.41) is 34.3. The van der Waals surface area contributed by atoms with Gasteiger partial charge in [0.1, 0.15) is 6.73 Å². The zero-order valence-electron chi connectivity index (χ0n) is 4.90. The van der Waals surface area contributed by atoms with Gasteiger partial charge in [0, 0.05) is 0 Å². The van der Waals surface area contributed by atoms with Gasteiger partial charge < -0.3 is 25.7 Å². The second kappa shape index (κ2) is 3.57. The Morgan fingerprint density at radius 1 is 1.30 bits per heavy atom. The zero-order valence-corrected chi connectivity index (χ0v) is 4.90. The lowest BCUT2D eigenvalue weighted by Crippen LogP contribution is -2.26. The first kappa shape index (κ1) is 8.57. The van der Waals surface area contributed by atoms with Gasteiger partial charge in [0.15, 0.2) is 0 Å². The second-order valence-corrected chi connectivity index (χ2v) is 1.34. The third-order valence-corrected chi connectivity index (χ3v) is 0.666. The van der Waals surface area contributed by atoms with Crippen LogP contribution in [0.3, 0.4) is 0 Å². The van der Waals surface area contributed by atoms with Crippen molar-refractivity contribution < 1.29 is 25.2 Å². The molecule has 10 heavy (non-hydrogen) atoms. The van der Waals surface area contributed by atoms with Crippen molar-refractivity contribution in [2.45, 2.75) is 0 Å². The van der Waals surface area contributed by atoms with Crippen molar-refractivity contribution in [2.24, 2.45) is 0 Å². The third kappa shape index (κ3) is 2.23. The Kier molecular flexibility index (Phi) is 3.06. The predicted octanol–water partition coefficient (Wildman–Crippen LogP) is -1.10. The minimum absolute atomic E-state index is 0.684. The predicted molar refractivity (Wildman–Crippen MR) is 30.1 cm³/mol. The minimum atomic E-state index is -1.48. The average molecular weight is 149 g/mol. The van der Waals surface area contributed by atoms with E-state index < -0.39 is 24.3 Å². The van der Waals surface area contributed by atoms with E-state index in [2.05, 4.69) is 0 Å². The van der Waals surface area contributed by atoms with Gasteiger partial charge in [-0.25, -0.2) is 0 Å². The molecule has 0 bridgehead atoms. The smallest absolute Gasteiger partial charge is 0.324 e. The molecule has 0 aromatic rings. The van der Waals surface area contributed by atoms with Crippen molar-refractivity contribution >= 4 is 5.91 Å². The molecule has 0 unspecified atom stereocenters. The number of aliphatic hydroxyl groups excluding tert-OH is 3. The van der Waals surface area contributed by atoms with Crippen molar-refractivity contribution in [3.8, 4) is 0 Å². The molecule has 0 aliphatic rings. The van der Waals surface area contributed by atoms with Gasteiger partial charge in [0.25, 0.3) is 11.7 Å². The SMILES string of the molecule is O=C(NCO)C(O)=C(O)O. The Bertz CT molecular complexity index is 159. The second-order valence-electron chi connectivity index (χ2n) is 1.34. The maximum atomic E-state index is 10.3. The average Bonchev–Trinajstić information content (AvgIpc) is 1.87. The van der Waals surface area contributed by atoms with E-state index in [0.717, 1.165) is 0 Å². The molecule has 0 spiro atoms. The summed E-state index contributed by atoms with van der Waals surface area (Å²) < 4.78 is 0. The van der Waals surface area contributed by atoms with Gasteiger partial charge in [0.2, 0.25) is 0 Å². The summed E-state index contributed by atoms with van der Waals surface area (Å²) in [4.78, 5) is 10.3. The van der Waals surface area contributed by atoms with Crippen LogP contribution in [0.4, 0.5) is 0 Å². The lowest BCUT2D eigenvalue weighted by atomic mass is 10.5. The van der Waals surface area contributed by atoms with E-state index >= 15 is 0 Å². The van der Waals surface area contributed by atoms with E-state index in [1.165, 1.54) is 0 Å².